The van der Waals surface area contributed by atoms with E-state index in [1.165, 1.54) is 12.1 Å². The van der Waals surface area contributed by atoms with Crippen molar-refractivity contribution in [3.05, 3.63) is 36.4 Å². The van der Waals surface area contributed by atoms with Crippen molar-refractivity contribution in [2.45, 2.75) is 0 Å². The average Bonchev–Trinajstić information content (AvgIpc) is 2.07. The summed E-state index contributed by atoms with van der Waals surface area (Å²) in [5.41, 5.74) is 0. The van der Waals surface area contributed by atoms with Crippen LogP contribution in [0.25, 0.3) is 10.8 Å². The quantitative estimate of drug-likeness (QED) is 0.510. The van der Waals surface area contributed by atoms with Gasteiger partial charge >= 0.3 is 29.6 Å². The second-order valence-corrected chi connectivity index (χ2v) is 2.67. The zero-order valence-electron chi connectivity index (χ0n) is 7.32. The number of rotatable bonds is 0. The maximum Gasteiger partial charge on any atom is 1.00 e. The van der Waals surface area contributed by atoms with E-state index >= 15 is 0 Å². The first-order valence-electron chi connectivity index (χ1n) is 3.66. The Hall–Kier alpha value is -0.700. The molecule has 1 N–H and O–H groups in total. The van der Waals surface area contributed by atoms with Crippen LogP contribution in [0.4, 0.5) is 0 Å². The minimum atomic E-state index is -0.325. The minimum absolute atomic E-state index is 0. The van der Waals surface area contributed by atoms with E-state index in [-0.39, 0.29) is 41.1 Å². The van der Waals surface area contributed by atoms with E-state index < -0.39 is 0 Å². The zero-order valence-corrected chi connectivity index (χ0v) is 9.32. The molecule has 0 aliphatic heterocycles. The van der Waals surface area contributed by atoms with E-state index in [4.69, 9.17) is 5.11 Å². The molecule has 13 heavy (non-hydrogen) atoms. The van der Waals surface area contributed by atoms with Crippen LogP contribution >= 0.6 is 0 Å². The van der Waals surface area contributed by atoms with Gasteiger partial charge in [-0.25, -0.2) is 0 Å². The summed E-state index contributed by atoms with van der Waals surface area (Å²) in [6, 6.07) is 10.3. The van der Waals surface area contributed by atoms with Crippen LogP contribution < -0.4 is 34.7 Å². The van der Waals surface area contributed by atoms with Gasteiger partial charge in [-0.05, 0) is 16.8 Å². The fourth-order valence-corrected chi connectivity index (χ4v) is 1.21. The molecule has 0 radical (unpaired) electrons. The molecule has 0 aliphatic rings. The molecular formula is C10H7NaO2. The van der Waals surface area contributed by atoms with E-state index in [1.54, 1.807) is 0 Å². The van der Waals surface area contributed by atoms with Crippen molar-refractivity contribution in [1.82, 2.24) is 0 Å². The predicted molar refractivity (Wildman–Crippen MR) is 45.1 cm³/mol. The average molecular weight is 182 g/mol. The second kappa shape index (κ2) is 4.01. The van der Waals surface area contributed by atoms with Gasteiger partial charge in [-0.15, -0.1) is 0 Å². The maximum atomic E-state index is 11.0. The molecule has 0 aromatic heterocycles. The summed E-state index contributed by atoms with van der Waals surface area (Å²) in [4.78, 5) is 0. The number of benzene rings is 2. The molecule has 0 bridgehead atoms. The van der Waals surface area contributed by atoms with Crippen LogP contribution in [-0.4, -0.2) is 5.11 Å². The monoisotopic (exact) mass is 182 g/mol. The Balaban J connectivity index is 0.000000845. The molecule has 2 aromatic carbocycles. The van der Waals surface area contributed by atoms with E-state index in [2.05, 4.69) is 0 Å². The van der Waals surface area contributed by atoms with Crippen molar-refractivity contribution in [1.29, 1.82) is 0 Å². The third kappa shape index (κ3) is 1.97. The van der Waals surface area contributed by atoms with Crippen molar-refractivity contribution in [2.75, 3.05) is 0 Å². The fraction of sp³-hybridized carbons (Fsp3) is 0. The molecule has 0 unspecified atom stereocenters. The van der Waals surface area contributed by atoms with Gasteiger partial charge in [0.2, 0.25) is 0 Å². The van der Waals surface area contributed by atoms with E-state index in [0.29, 0.717) is 0 Å². The molecular weight excluding hydrogens is 175 g/mol. The first-order valence-corrected chi connectivity index (χ1v) is 3.66. The van der Waals surface area contributed by atoms with Crippen LogP contribution in [0.1, 0.15) is 0 Å². The molecule has 60 valence electrons. The molecule has 0 saturated carbocycles. The zero-order chi connectivity index (χ0) is 8.55. The summed E-state index contributed by atoms with van der Waals surface area (Å²) in [7, 11) is 0. The molecule has 0 amide bonds. The molecule has 0 atom stereocenters. The Morgan fingerprint density at radius 1 is 1.00 bits per heavy atom. The SMILES string of the molecule is [Na+].[O-]c1cc2ccccc2cc1O. The van der Waals surface area contributed by atoms with Crippen LogP contribution in [0.2, 0.25) is 0 Å². The number of phenols is 1. The molecule has 0 aliphatic carbocycles. The molecule has 0 saturated heterocycles. The standard InChI is InChI=1S/C10H8O2.Na/c11-9-5-7-3-1-2-4-8(7)6-10(9)12;/h1-6,11-12H;/q;+1/p-1. The van der Waals surface area contributed by atoms with E-state index in [9.17, 15) is 5.11 Å². The maximum absolute atomic E-state index is 11.0. The van der Waals surface area contributed by atoms with Crippen molar-refractivity contribution >= 4 is 10.8 Å². The number of hydrogen-bond donors (Lipinski definition) is 1. The van der Waals surface area contributed by atoms with Crippen LogP contribution in [0.15, 0.2) is 36.4 Å². The predicted octanol–water partition coefficient (Wildman–Crippen LogP) is -1.38. The molecule has 0 fully saturated rings. The van der Waals surface area contributed by atoms with Crippen LogP contribution in [0.3, 0.4) is 0 Å². The number of phenolic OH excluding ortho intramolecular Hbond substituents is 1. The molecule has 2 rings (SSSR count). The Morgan fingerprint density at radius 3 is 2.15 bits per heavy atom. The Labute approximate surface area is 98.1 Å². The first-order chi connectivity index (χ1) is 5.77. The molecule has 0 heterocycles. The van der Waals surface area contributed by atoms with Gasteiger partial charge in [0.25, 0.3) is 0 Å². The molecule has 2 nitrogen and oxygen atoms in total. The number of fused-ring (bicyclic) bond motifs is 1. The van der Waals surface area contributed by atoms with Gasteiger partial charge in [0, 0.05) is 0 Å². The van der Waals surface area contributed by atoms with E-state index in [0.717, 1.165) is 10.8 Å². The first kappa shape index (κ1) is 10.4. The summed E-state index contributed by atoms with van der Waals surface area (Å²) in [5, 5.41) is 21.8. The Bertz CT molecular complexity index is 386. The topological polar surface area (TPSA) is 43.3 Å². The van der Waals surface area contributed by atoms with Crippen LogP contribution in [0, 0.1) is 0 Å². The van der Waals surface area contributed by atoms with Gasteiger partial charge in [-0.3, -0.25) is 0 Å². The minimum Gasteiger partial charge on any atom is -0.870 e. The molecule has 0 spiro atoms. The van der Waals surface area contributed by atoms with Crippen molar-refractivity contribution in [2.24, 2.45) is 0 Å². The summed E-state index contributed by atoms with van der Waals surface area (Å²) in [6.07, 6.45) is 0. The van der Waals surface area contributed by atoms with Crippen molar-refractivity contribution in [3.8, 4) is 11.5 Å². The van der Waals surface area contributed by atoms with Gasteiger partial charge in [0.05, 0.1) is 0 Å². The normalized spacial score (nSPS) is 9.54. The Morgan fingerprint density at radius 2 is 1.54 bits per heavy atom. The van der Waals surface area contributed by atoms with Gasteiger partial charge in [-0.1, -0.05) is 36.1 Å². The largest absolute Gasteiger partial charge is 1.00 e. The summed E-state index contributed by atoms with van der Waals surface area (Å²) < 4.78 is 0. The van der Waals surface area contributed by atoms with Gasteiger partial charge in [0.1, 0.15) is 5.75 Å². The van der Waals surface area contributed by atoms with Gasteiger partial charge in [-0.2, -0.15) is 0 Å². The number of aromatic hydroxyl groups is 1. The third-order valence-electron chi connectivity index (χ3n) is 1.83. The summed E-state index contributed by atoms with van der Waals surface area (Å²) in [5.74, 6) is -0.512. The second-order valence-electron chi connectivity index (χ2n) is 2.67. The molecule has 3 heteroatoms. The van der Waals surface area contributed by atoms with Crippen LogP contribution in [0.5, 0.6) is 11.5 Å². The molecule has 2 aromatic rings. The third-order valence-corrected chi connectivity index (χ3v) is 1.83. The van der Waals surface area contributed by atoms with Gasteiger partial charge < -0.3 is 10.2 Å². The Kier molecular flexibility index (Phi) is 3.20. The van der Waals surface area contributed by atoms with Gasteiger partial charge in [0.15, 0.2) is 0 Å². The van der Waals surface area contributed by atoms with E-state index in [1.807, 2.05) is 24.3 Å². The van der Waals surface area contributed by atoms with Crippen molar-refractivity contribution < 1.29 is 39.8 Å². The van der Waals surface area contributed by atoms with Crippen molar-refractivity contribution in [3.63, 3.8) is 0 Å². The smallest absolute Gasteiger partial charge is 0.870 e. The van der Waals surface area contributed by atoms with Crippen LogP contribution in [-0.2, 0) is 0 Å². The fourth-order valence-electron chi connectivity index (χ4n) is 1.21. The summed E-state index contributed by atoms with van der Waals surface area (Å²) >= 11 is 0. The number of hydrogen-bond acceptors (Lipinski definition) is 2. The summed E-state index contributed by atoms with van der Waals surface area (Å²) in [6.45, 7) is 0.